The standard InChI is InChI=1S/C30H3F3N12/c31-28-26-14(22(12(2-34)3-35)24(16(26)6-38)18-10-42-20(8-40)44-29(18)32)1-15-23(13(4-36)5-37)25(17(7-39)27(15)28)19-11-43-21(9-41)45-30(19)33/h1,10-11H. The Morgan fingerprint density at radius 1 is 0.533 bits per heavy atom. The maximum atomic E-state index is 16.8. The number of nitrogens with zero attached hydrogens (tertiary/aromatic N) is 12. The second-order valence-electron chi connectivity index (χ2n) is 8.73. The van der Waals surface area contributed by atoms with Crippen molar-refractivity contribution in [2.45, 2.75) is 0 Å². The van der Waals surface area contributed by atoms with E-state index in [1.807, 2.05) is 0 Å². The van der Waals surface area contributed by atoms with E-state index in [1.54, 1.807) is 36.4 Å². The molecule has 204 valence electrons. The molecule has 2 aliphatic carbocycles. The van der Waals surface area contributed by atoms with Crippen LogP contribution in [-0.2, 0) is 0 Å². The summed E-state index contributed by atoms with van der Waals surface area (Å²) in [6.07, 6.45) is 1.61. The van der Waals surface area contributed by atoms with Crippen molar-refractivity contribution in [2.24, 2.45) is 0 Å². The van der Waals surface area contributed by atoms with Crippen LogP contribution in [0.2, 0.25) is 0 Å². The number of hydrogen-bond donors (Lipinski definition) is 0. The highest BCUT2D eigenvalue weighted by Gasteiger charge is 2.42. The third-order valence-corrected chi connectivity index (χ3v) is 6.70. The van der Waals surface area contributed by atoms with Crippen LogP contribution in [0.4, 0.5) is 13.2 Å². The Morgan fingerprint density at radius 2 is 0.911 bits per heavy atom. The van der Waals surface area contributed by atoms with Crippen LogP contribution < -0.4 is 0 Å². The number of fused-ring (bicyclic) bond motifs is 2. The molecule has 12 nitrogen and oxygen atoms in total. The van der Waals surface area contributed by atoms with Crippen LogP contribution in [0, 0.1) is 108 Å². The summed E-state index contributed by atoms with van der Waals surface area (Å²) < 4.78 is 47.1. The molecule has 0 atom stereocenters. The minimum Gasteiger partial charge on any atom is -0.227 e. The number of halogens is 3. The number of aromatic nitrogens is 4. The SMILES string of the molecule is N#CC(C#N)=C1C(c2cnc(C#N)nc2F)=C(C#N)c2c1cc1c(c2F)C(C#N)=C(c2cnc(C#N)nc2F)C1=C(C#N)C#N. The molecule has 5 rings (SSSR count). The van der Waals surface area contributed by atoms with Gasteiger partial charge in [-0.15, -0.1) is 0 Å². The Morgan fingerprint density at radius 3 is 1.20 bits per heavy atom. The largest absolute Gasteiger partial charge is 0.234 e. The molecule has 0 aliphatic heterocycles. The molecule has 0 unspecified atom stereocenters. The van der Waals surface area contributed by atoms with E-state index in [0.717, 1.165) is 18.5 Å². The van der Waals surface area contributed by atoms with Crippen molar-refractivity contribution >= 4 is 33.4 Å². The number of allylic oxidation sites excluding steroid dienone is 8. The molecule has 2 heterocycles. The summed E-state index contributed by atoms with van der Waals surface area (Å²) in [6.45, 7) is 0. The van der Waals surface area contributed by atoms with Gasteiger partial charge in [0.2, 0.25) is 23.5 Å². The molecule has 15 heteroatoms. The topological polar surface area (TPSA) is 242 Å². The summed E-state index contributed by atoms with van der Waals surface area (Å²) >= 11 is 0. The van der Waals surface area contributed by atoms with Crippen LogP contribution >= 0.6 is 0 Å². The number of hydrogen-bond acceptors (Lipinski definition) is 12. The van der Waals surface area contributed by atoms with Crippen LogP contribution in [0.15, 0.2) is 29.6 Å². The second-order valence-corrected chi connectivity index (χ2v) is 8.73. The maximum Gasteiger partial charge on any atom is 0.234 e. The predicted molar refractivity (Wildman–Crippen MR) is 141 cm³/mol. The molecule has 0 bridgehead atoms. The van der Waals surface area contributed by atoms with Gasteiger partial charge in [0.1, 0.15) is 65.5 Å². The molecular formula is C30H3F3N12. The summed E-state index contributed by atoms with van der Waals surface area (Å²) in [6, 6.07) is 14.0. The van der Waals surface area contributed by atoms with Crippen LogP contribution in [0.3, 0.4) is 0 Å². The Labute approximate surface area is 249 Å². The van der Waals surface area contributed by atoms with Crippen LogP contribution in [-0.4, -0.2) is 19.9 Å². The fourth-order valence-electron chi connectivity index (χ4n) is 5.02. The molecule has 0 radical (unpaired) electrons. The van der Waals surface area contributed by atoms with Crippen molar-refractivity contribution in [1.29, 1.82) is 42.1 Å². The Balaban J connectivity index is 2.00. The molecular weight excluding hydrogens is 585 g/mol. The lowest BCUT2D eigenvalue weighted by Gasteiger charge is -2.12. The van der Waals surface area contributed by atoms with Crippen molar-refractivity contribution in [3.63, 3.8) is 0 Å². The maximum absolute atomic E-state index is 16.8. The van der Waals surface area contributed by atoms with Gasteiger partial charge in [0.15, 0.2) is 0 Å². The Kier molecular flexibility index (Phi) is 6.85. The normalized spacial score (nSPS) is 12.3. The lowest BCUT2D eigenvalue weighted by molar-refractivity contribution is 0.573. The van der Waals surface area contributed by atoms with Crippen LogP contribution in [0.25, 0.3) is 33.4 Å². The van der Waals surface area contributed by atoms with Gasteiger partial charge < -0.3 is 0 Å². The quantitative estimate of drug-likeness (QED) is 0.305. The van der Waals surface area contributed by atoms with E-state index in [4.69, 9.17) is 10.5 Å². The van der Waals surface area contributed by atoms with Gasteiger partial charge in [-0.05, 0) is 17.2 Å². The van der Waals surface area contributed by atoms with Crippen molar-refractivity contribution in [2.75, 3.05) is 0 Å². The van der Waals surface area contributed by atoms with E-state index < -0.39 is 96.2 Å². The molecule has 2 aliphatic rings. The molecule has 0 spiro atoms. The summed E-state index contributed by atoms with van der Waals surface area (Å²) in [7, 11) is 0. The summed E-state index contributed by atoms with van der Waals surface area (Å²) in [4.78, 5) is 14.1. The molecule has 3 aromatic rings. The zero-order valence-corrected chi connectivity index (χ0v) is 21.7. The molecule has 0 saturated heterocycles. The van der Waals surface area contributed by atoms with Crippen molar-refractivity contribution in [3.8, 4) is 48.6 Å². The van der Waals surface area contributed by atoms with E-state index in [2.05, 4.69) is 19.9 Å². The minimum absolute atomic E-state index is 0.345. The van der Waals surface area contributed by atoms with E-state index in [0.29, 0.717) is 0 Å². The summed E-state index contributed by atoms with van der Waals surface area (Å²) in [5.41, 5.74) is -7.52. The van der Waals surface area contributed by atoms with E-state index >= 15 is 13.2 Å². The zero-order chi connectivity index (χ0) is 32.6. The van der Waals surface area contributed by atoms with Gasteiger partial charge in [-0.1, -0.05) is 0 Å². The molecule has 0 N–H and O–H groups in total. The van der Waals surface area contributed by atoms with E-state index in [1.165, 1.54) is 12.1 Å². The first-order chi connectivity index (χ1) is 21.7. The van der Waals surface area contributed by atoms with Gasteiger partial charge in [-0.3, -0.25) is 0 Å². The molecule has 45 heavy (non-hydrogen) atoms. The van der Waals surface area contributed by atoms with Crippen LogP contribution in [0.5, 0.6) is 0 Å². The highest BCUT2D eigenvalue weighted by Crippen LogP contribution is 2.55. The van der Waals surface area contributed by atoms with Gasteiger partial charge in [-0.25, -0.2) is 14.4 Å². The first-order valence-electron chi connectivity index (χ1n) is 11.9. The highest BCUT2D eigenvalue weighted by molar-refractivity contribution is 6.30. The number of nitriles is 8. The summed E-state index contributed by atoms with van der Waals surface area (Å²) in [5.74, 6) is -5.19. The van der Waals surface area contributed by atoms with E-state index in [-0.39, 0.29) is 11.1 Å². The first kappa shape index (κ1) is 28.6. The molecule has 0 amide bonds. The number of rotatable bonds is 2. The minimum atomic E-state index is -1.34. The lowest BCUT2D eigenvalue weighted by atomic mass is 9.89. The van der Waals surface area contributed by atoms with Crippen molar-refractivity contribution in [3.05, 3.63) is 92.3 Å². The van der Waals surface area contributed by atoms with Crippen molar-refractivity contribution in [1.82, 2.24) is 19.9 Å². The Bertz CT molecular complexity index is 2250. The molecule has 1 aromatic carbocycles. The van der Waals surface area contributed by atoms with Crippen LogP contribution in [0.1, 0.15) is 45.0 Å². The average molecular weight is 588 g/mol. The smallest absolute Gasteiger partial charge is 0.227 e. The third kappa shape index (κ3) is 4.01. The van der Waals surface area contributed by atoms with Gasteiger partial charge in [0.05, 0.1) is 22.3 Å². The fraction of sp³-hybridized carbons (Fsp3) is 0. The van der Waals surface area contributed by atoms with Gasteiger partial charge in [0.25, 0.3) is 0 Å². The average Bonchev–Trinajstić information content (AvgIpc) is 3.55. The molecule has 2 aromatic heterocycles. The second kappa shape index (κ2) is 10.8. The summed E-state index contributed by atoms with van der Waals surface area (Å²) in [5, 5.41) is 77.5. The fourth-order valence-corrected chi connectivity index (χ4v) is 5.02. The Hall–Kier alpha value is -7.95. The van der Waals surface area contributed by atoms with Crippen molar-refractivity contribution < 1.29 is 13.2 Å². The number of benzene rings is 1. The van der Waals surface area contributed by atoms with Gasteiger partial charge >= 0.3 is 0 Å². The monoisotopic (exact) mass is 588 g/mol. The molecule has 0 saturated carbocycles. The molecule has 0 fully saturated rings. The highest BCUT2D eigenvalue weighted by atomic mass is 19.1. The van der Waals surface area contributed by atoms with Gasteiger partial charge in [0, 0.05) is 45.8 Å². The zero-order valence-electron chi connectivity index (χ0n) is 21.7. The lowest BCUT2D eigenvalue weighted by Crippen LogP contribution is -2.01. The van der Waals surface area contributed by atoms with Gasteiger partial charge in [-0.2, -0.15) is 60.8 Å². The third-order valence-electron chi connectivity index (χ3n) is 6.70. The predicted octanol–water partition coefficient (Wildman–Crippen LogP) is 3.92. The van der Waals surface area contributed by atoms with E-state index in [9.17, 15) is 31.6 Å². The first-order valence-corrected chi connectivity index (χ1v) is 11.9.